The molecule has 122 valence electrons. The summed E-state index contributed by atoms with van der Waals surface area (Å²) in [5.74, 6) is 1.04. The smallest absolute Gasteiger partial charge is 0.226 e. The largest absolute Gasteiger partial charge is 0.340 e. The fourth-order valence-electron chi connectivity index (χ4n) is 3.67. The monoisotopic (exact) mass is 329 g/mol. The van der Waals surface area contributed by atoms with E-state index in [2.05, 4.69) is 42.2 Å². The topological polar surface area (TPSA) is 38.1 Å². The summed E-state index contributed by atoms with van der Waals surface area (Å²) in [6.45, 7) is 5.91. The van der Waals surface area contributed by atoms with Crippen LogP contribution in [0.4, 0.5) is 0 Å². The van der Waals surface area contributed by atoms with E-state index in [1.807, 2.05) is 22.2 Å². The summed E-state index contributed by atoms with van der Waals surface area (Å²) in [5, 5.41) is 4.44. The van der Waals surface area contributed by atoms with E-state index < -0.39 is 0 Å². The molecule has 4 rings (SSSR count). The Labute approximate surface area is 141 Å². The molecule has 23 heavy (non-hydrogen) atoms. The van der Waals surface area contributed by atoms with Crippen molar-refractivity contribution < 1.29 is 4.79 Å². The molecule has 0 N–H and O–H groups in total. The molecule has 0 aromatic carbocycles. The molecule has 0 spiro atoms. The molecular formula is C18H23N3OS. The van der Waals surface area contributed by atoms with E-state index >= 15 is 0 Å². The molecule has 3 atom stereocenters. The summed E-state index contributed by atoms with van der Waals surface area (Å²) >= 11 is 1.84. The van der Waals surface area contributed by atoms with Crippen LogP contribution in [0.3, 0.4) is 0 Å². The van der Waals surface area contributed by atoms with Gasteiger partial charge >= 0.3 is 0 Å². The van der Waals surface area contributed by atoms with Crippen LogP contribution in [-0.2, 0) is 4.79 Å². The summed E-state index contributed by atoms with van der Waals surface area (Å²) in [7, 11) is 0. The van der Waals surface area contributed by atoms with Crippen molar-refractivity contribution in [2.24, 2.45) is 5.92 Å². The van der Waals surface area contributed by atoms with Gasteiger partial charge in [-0.2, -0.15) is 5.10 Å². The van der Waals surface area contributed by atoms with Gasteiger partial charge in [0.1, 0.15) is 0 Å². The van der Waals surface area contributed by atoms with Crippen molar-refractivity contribution in [1.82, 2.24) is 14.7 Å². The van der Waals surface area contributed by atoms with Crippen LogP contribution in [0.2, 0.25) is 0 Å². The van der Waals surface area contributed by atoms with E-state index in [0.29, 0.717) is 17.9 Å². The minimum Gasteiger partial charge on any atom is -0.340 e. The molecular weight excluding hydrogens is 306 g/mol. The Bertz CT molecular complexity index is 719. The van der Waals surface area contributed by atoms with Gasteiger partial charge in [0.2, 0.25) is 5.91 Å². The molecule has 2 aromatic rings. The van der Waals surface area contributed by atoms with E-state index in [4.69, 9.17) is 0 Å². The van der Waals surface area contributed by atoms with Crippen LogP contribution in [0.1, 0.15) is 46.5 Å². The van der Waals surface area contributed by atoms with E-state index in [-0.39, 0.29) is 5.92 Å². The first-order valence-electron chi connectivity index (χ1n) is 8.47. The number of hydrogen-bond acceptors (Lipinski definition) is 3. The highest BCUT2D eigenvalue weighted by atomic mass is 32.1. The molecule has 0 radical (unpaired) electrons. The Balaban J connectivity index is 1.41. The Kier molecular flexibility index (Phi) is 3.76. The molecule has 2 fully saturated rings. The Morgan fingerprint density at radius 1 is 1.35 bits per heavy atom. The van der Waals surface area contributed by atoms with Gasteiger partial charge in [0.15, 0.2) is 0 Å². The molecule has 0 bridgehead atoms. The molecule has 1 aliphatic carbocycles. The van der Waals surface area contributed by atoms with Crippen LogP contribution in [0.25, 0.3) is 0 Å². The first kappa shape index (κ1) is 14.9. The maximum Gasteiger partial charge on any atom is 0.226 e. The van der Waals surface area contributed by atoms with Crippen molar-refractivity contribution in [3.05, 3.63) is 39.8 Å². The van der Waals surface area contributed by atoms with E-state index in [1.54, 1.807) is 0 Å². The van der Waals surface area contributed by atoms with Crippen LogP contribution in [0.5, 0.6) is 0 Å². The lowest BCUT2D eigenvalue weighted by Gasteiger charge is -2.33. The first-order valence-corrected chi connectivity index (χ1v) is 9.29. The lowest BCUT2D eigenvalue weighted by atomic mass is 10.0. The number of likely N-dealkylation sites (tertiary alicyclic amines) is 1. The average Bonchev–Trinajstić information content (AvgIpc) is 3.04. The van der Waals surface area contributed by atoms with Gasteiger partial charge in [0, 0.05) is 40.9 Å². The quantitative estimate of drug-likeness (QED) is 0.864. The number of carbonyl (C=O) groups excluding carboxylic acids is 1. The summed E-state index contributed by atoms with van der Waals surface area (Å²) in [4.78, 5) is 17.6. The second-order valence-electron chi connectivity index (χ2n) is 6.98. The molecule has 3 heterocycles. The van der Waals surface area contributed by atoms with Gasteiger partial charge in [-0.25, -0.2) is 0 Å². The molecule has 5 heteroatoms. The Morgan fingerprint density at radius 2 is 2.22 bits per heavy atom. The lowest BCUT2D eigenvalue weighted by Crippen LogP contribution is -2.41. The van der Waals surface area contributed by atoms with Crippen LogP contribution in [0.15, 0.2) is 24.5 Å². The third-order valence-electron chi connectivity index (χ3n) is 5.05. The zero-order chi connectivity index (χ0) is 16.0. The highest BCUT2D eigenvalue weighted by Gasteiger charge is 2.47. The fourth-order valence-corrected chi connectivity index (χ4v) is 4.73. The number of rotatable bonds is 3. The van der Waals surface area contributed by atoms with E-state index in [0.717, 1.165) is 32.4 Å². The average molecular weight is 329 g/mol. The predicted octanol–water partition coefficient (Wildman–Crippen LogP) is 3.53. The number of aryl methyl sites for hydroxylation is 2. The van der Waals surface area contributed by atoms with Crippen LogP contribution in [-0.4, -0.2) is 33.7 Å². The molecule has 1 aliphatic heterocycles. The molecule has 2 aromatic heterocycles. The standard InChI is InChI=1S/C18H23N3OS/c1-12-9-19-21(10-12)14-4-3-7-20(11-14)18(22)16-8-15(16)17-6-5-13(2)23-17/h5-6,9-10,14-16H,3-4,7-8,11H2,1-2H3. The second kappa shape index (κ2) is 5.78. The van der Waals surface area contributed by atoms with E-state index in [9.17, 15) is 4.79 Å². The van der Waals surface area contributed by atoms with E-state index in [1.165, 1.54) is 15.3 Å². The zero-order valence-electron chi connectivity index (χ0n) is 13.7. The molecule has 1 saturated heterocycles. The fraction of sp³-hybridized carbons (Fsp3) is 0.556. The highest BCUT2D eigenvalue weighted by Crippen LogP contribution is 2.50. The number of hydrogen-bond donors (Lipinski definition) is 0. The molecule has 2 aliphatic rings. The third kappa shape index (κ3) is 2.94. The van der Waals surface area contributed by atoms with Crippen molar-refractivity contribution in [3.8, 4) is 0 Å². The molecule has 3 unspecified atom stereocenters. The number of carbonyl (C=O) groups is 1. The number of piperidine rings is 1. The summed E-state index contributed by atoms with van der Waals surface area (Å²) < 4.78 is 2.04. The van der Waals surface area contributed by atoms with Gasteiger partial charge in [0.25, 0.3) is 0 Å². The minimum atomic E-state index is 0.214. The number of aromatic nitrogens is 2. The molecule has 1 saturated carbocycles. The zero-order valence-corrected chi connectivity index (χ0v) is 14.6. The van der Waals surface area contributed by atoms with Crippen molar-refractivity contribution in [3.63, 3.8) is 0 Å². The number of nitrogens with zero attached hydrogens (tertiary/aromatic N) is 3. The van der Waals surface area contributed by atoms with Gasteiger partial charge in [-0.15, -0.1) is 11.3 Å². The third-order valence-corrected chi connectivity index (χ3v) is 6.18. The van der Waals surface area contributed by atoms with Crippen molar-refractivity contribution >= 4 is 17.2 Å². The maximum absolute atomic E-state index is 12.8. The van der Waals surface area contributed by atoms with Gasteiger partial charge in [0.05, 0.1) is 12.2 Å². The normalized spacial score (nSPS) is 27.2. The van der Waals surface area contributed by atoms with Gasteiger partial charge in [-0.05, 0) is 50.8 Å². The Hall–Kier alpha value is -1.62. The summed E-state index contributed by atoms with van der Waals surface area (Å²) in [6.07, 6.45) is 7.21. The van der Waals surface area contributed by atoms with Gasteiger partial charge in [-0.3, -0.25) is 9.48 Å². The van der Waals surface area contributed by atoms with Gasteiger partial charge < -0.3 is 4.90 Å². The van der Waals surface area contributed by atoms with Crippen molar-refractivity contribution in [1.29, 1.82) is 0 Å². The summed E-state index contributed by atoms with van der Waals surface area (Å²) in [5.41, 5.74) is 1.18. The number of thiophene rings is 1. The molecule has 1 amide bonds. The number of amides is 1. The van der Waals surface area contributed by atoms with Crippen molar-refractivity contribution in [2.75, 3.05) is 13.1 Å². The van der Waals surface area contributed by atoms with Gasteiger partial charge in [-0.1, -0.05) is 0 Å². The summed E-state index contributed by atoms with van der Waals surface area (Å²) in [6, 6.07) is 4.70. The lowest BCUT2D eigenvalue weighted by molar-refractivity contribution is -0.134. The SMILES string of the molecule is Cc1cnn(C2CCCN(C(=O)C3CC3c3ccc(C)s3)C2)c1. The van der Waals surface area contributed by atoms with Crippen LogP contribution >= 0.6 is 11.3 Å². The van der Waals surface area contributed by atoms with Crippen LogP contribution in [0, 0.1) is 19.8 Å². The highest BCUT2D eigenvalue weighted by molar-refractivity contribution is 7.12. The van der Waals surface area contributed by atoms with Crippen LogP contribution < -0.4 is 0 Å². The minimum absolute atomic E-state index is 0.214. The molecule has 4 nitrogen and oxygen atoms in total. The maximum atomic E-state index is 12.8. The van der Waals surface area contributed by atoms with Crippen molar-refractivity contribution in [2.45, 2.75) is 45.1 Å². The predicted molar refractivity (Wildman–Crippen MR) is 91.7 cm³/mol. The first-order chi connectivity index (χ1) is 11.1. The Morgan fingerprint density at radius 3 is 2.91 bits per heavy atom. The second-order valence-corrected chi connectivity index (χ2v) is 8.29.